The third-order valence-corrected chi connectivity index (χ3v) is 3.35. The Morgan fingerprint density at radius 1 is 1.32 bits per heavy atom. The van der Waals surface area contributed by atoms with Crippen LogP contribution in [-0.4, -0.2) is 5.91 Å². The van der Waals surface area contributed by atoms with Crippen molar-refractivity contribution in [2.75, 3.05) is 0 Å². The van der Waals surface area contributed by atoms with E-state index >= 15 is 0 Å². The van der Waals surface area contributed by atoms with Crippen molar-refractivity contribution >= 4 is 5.91 Å². The van der Waals surface area contributed by atoms with Gasteiger partial charge in [-0.25, -0.2) is 4.39 Å². The normalized spacial score (nSPS) is 17.1. The van der Waals surface area contributed by atoms with Gasteiger partial charge in [0.05, 0.1) is 6.04 Å². The molecule has 1 aromatic carbocycles. The number of carbonyl (C=O) groups excluding carboxylic acids is 1. The molecule has 1 fully saturated rings. The molecule has 0 aliphatic heterocycles. The van der Waals surface area contributed by atoms with E-state index in [0.717, 1.165) is 24.8 Å². The van der Waals surface area contributed by atoms with Gasteiger partial charge in [-0.3, -0.25) is 4.79 Å². The van der Waals surface area contributed by atoms with Crippen LogP contribution in [0.2, 0.25) is 0 Å². The van der Waals surface area contributed by atoms with E-state index in [9.17, 15) is 9.18 Å². The number of halogens is 1. The Labute approximate surface area is 114 Å². The highest BCUT2D eigenvalue weighted by Crippen LogP contribution is 2.33. The Hall–Kier alpha value is -1.38. The number of nitrogens with one attached hydrogen (secondary N) is 1. The van der Waals surface area contributed by atoms with Crippen LogP contribution < -0.4 is 5.32 Å². The van der Waals surface area contributed by atoms with Crippen molar-refractivity contribution in [3.05, 3.63) is 35.6 Å². The second-order valence-corrected chi connectivity index (χ2v) is 6.65. The predicted octanol–water partition coefficient (Wildman–Crippen LogP) is 3.83. The van der Waals surface area contributed by atoms with E-state index in [2.05, 4.69) is 26.1 Å². The summed E-state index contributed by atoms with van der Waals surface area (Å²) >= 11 is 0. The van der Waals surface area contributed by atoms with Gasteiger partial charge >= 0.3 is 0 Å². The van der Waals surface area contributed by atoms with Crippen LogP contribution in [0, 0.1) is 17.2 Å². The molecule has 0 saturated heterocycles. The zero-order chi connectivity index (χ0) is 14.0. The fraction of sp³-hybridized carbons (Fsp3) is 0.562. The fourth-order valence-electron chi connectivity index (χ4n) is 2.19. The van der Waals surface area contributed by atoms with Crippen molar-refractivity contribution in [3.63, 3.8) is 0 Å². The van der Waals surface area contributed by atoms with E-state index in [4.69, 9.17) is 0 Å². The van der Waals surface area contributed by atoms with E-state index < -0.39 is 0 Å². The van der Waals surface area contributed by atoms with Crippen LogP contribution in [0.5, 0.6) is 0 Å². The van der Waals surface area contributed by atoms with Gasteiger partial charge in [-0.2, -0.15) is 0 Å². The third-order valence-electron chi connectivity index (χ3n) is 3.35. The van der Waals surface area contributed by atoms with Crippen LogP contribution in [0.4, 0.5) is 4.39 Å². The van der Waals surface area contributed by atoms with Crippen LogP contribution >= 0.6 is 0 Å². The predicted molar refractivity (Wildman–Crippen MR) is 74.1 cm³/mol. The lowest BCUT2D eigenvalue weighted by atomic mass is 9.85. The number of hydrogen-bond acceptors (Lipinski definition) is 1. The topological polar surface area (TPSA) is 29.1 Å². The molecule has 1 aromatic rings. The molecule has 0 spiro atoms. The minimum absolute atomic E-state index is 0.0336. The Bertz CT molecular complexity index is 443. The van der Waals surface area contributed by atoms with E-state index in [-0.39, 0.29) is 29.1 Å². The minimum Gasteiger partial charge on any atom is -0.349 e. The molecule has 0 aromatic heterocycles. The number of amides is 1. The summed E-state index contributed by atoms with van der Waals surface area (Å²) in [6, 6.07) is 6.40. The highest BCUT2D eigenvalue weighted by Gasteiger charge is 2.32. The van der Waals surface area contributed by atoms with E-state index in [1.807, 2.05) is 0 Å². The molecule has 19 heavy (non-hydrogen) atoms. The lowest BCUT2D eigenvalue weighted by Crippen LogP contribution is -2.32. The maximum Gasteiger partial charge on any atom is 0.223 e. The first-order valence-electron chi connectivity index (χ1n) is 6.91. The van der Waals surface area contributed by atoms with Crippen LogP contribution in [-0.2, 0) is 4.79 Å². The van der Waals surface area contributed by atoms with Gasteiger partial charge in [-0.05, 0) is 42.4 Å². The SMILES string of the molecule is CC(C)(C)CC(NC(=O)C1CC1)c1ccc(F)cc1. The second-order valence-electron chi connectivity index (χ2n) is 6.65. The van der Waals surface area contributed by atoms with Crippen LogP contribution in [0.1, 0.15) is 51.6 Å². The van der Waals surface area contributed by atoms with Gasteiger partial charge in [0.25, 0.3) is 0 Å². The molecule has 0 bridgehead atoms. The fourth-order valence-corrected chi connectivity index (χ4v) is 2.19. The van der Waals surface area contributed by atoms with Crippen LogP contribution in [0.3, 0.4) is 0 Å². The number of rotatable bonds is 4. The lowest BCUT2D eigenvalue weighted by Gasteiger charge is -2.27. The van der Waals surface area contributed by atoms with Gasteiger partial charge < -0.3 is 5.32 Å². The van der Waals surface area contributed by atoms with E-state index in [0.29, 0.717) is 0 Å². The summed E-state index contributed by atoms with van der Waals surface area (Å²) < 4.78 is 13.0. The summed E-state index contributed by atoms with van der Waals surface area (Å²) in [5.74, 6) is 0.0910. The Kier molecular flexibility index (Phi) is 3.93. The molecule has 1 saturated carbocycles. The highest BCUT2D eigenvalue weighted by atomic mass is 19.1. The lowest BCUT2D eigenvalue weighted by molar-refractivity contribution is -0.123. The van der Waals surface area contributed by atoms with Gasteiger partial charge in [-0.1, -0.05) is 32.9 Å². The van der Waals surface area contributed by atoms with Crippen molar-refractivity contribution in [3.8, 4) is 0 Å². The first-order valence-corrected chi connectivity index (χ1v) is 6.91. The van der Waals surface area contributed by atoms with Crippen molar-refractivity contribution < 1.29 is 9.18 Å². The Morgan fingerprint density at radius 2 is 1.89 bits per heavy atom. The van der Waals surface area contributed by atoms with E-state index in [1.165, 1.54) is 12.1 Å². The monoisotopic (exact) mass is 263 g/mol. The first-order chi connectivity index (χ1) is 8.85. The Morgan fingerprint density at radius 3 is 2.37 bits per heavy atom. The quantitative estimate of drug-likeness (QED) is 0.879. The maximum atomic E-state index is 13.0. The van der Waals surface area contributed by atoms with Gasteiger partial charge in [0.15, 0.2) is 0 Å². The minimum atomic E-state index is -0.244. The van der Waals surface area contributed by atoms with Gasteiger partial charge in [0, 0.05) is 5.92 Å². The van der Waals surface area contributed by atoms with Gasteiger partial charge in [-0.15, -0.1) is 0 Å². The summed E-state index contributed by atoms with van der Waals surface area (Å²) in [6.07, 6.45) is 2.84. The van der Waals surface area contributed by atoms with Crippen molar-refractivity contribution in [2.45, 2.75) is 46.1 Å². The van der Waals surface area contributed by atoms with Crippen molar-refractivity contribution in [1.29, 1.82) is 0 Å². The van der Waals surface area contributed by atoms with Crippen molar-refractivity contribution in [1.82, 2.24) is 5.32 Å². The van der Waals surface area contributed by atoms with Crippen LogP contribution in [0.15, 0.2) is 24.3 Å². The molecule has 0 radical (unpaired) electrons. The molecule has 104 valence electrons. The average Bonchev–Trinajstić information content (AvgIpc) is 3.10. The molecular weight excluding hydrogens is 241 g/mol. The van der Waals surface area contributed by atoms with E-state index in [1.54, 1.807) is 12.1 Å². The molecule has 1 atom stereocenters. The third kappa shape index (κ3) is 4.34. The van der Waals surface area contributed by atoms with Gasteiger partial charge in [0.2, 0.25) is 5.91 Å². The second kappa shape index (κ2) is 5.32. The summed E-state index contributed by atoms with van der Waals surface area (Å²) in [7, 11) is 0. The highest BCUT2D eigenvalue weighted by molar-refractivity contribution is 5.81. The summed E-state index contributed by atoms with van der Waals surface area (Å²) in [5.41, 5.74) is 1.08. The standard InChI is InChI=1S/C16H22FNO/c1-16(2,3)10-14(18-15(19)12-4-5-12)11-6-8-13(17)9-7-11/h6-9,12,14H,4-5,10H2,1-3H3,(H,18,19). The number of carbonyl (C=O) groups is 1. The van der Waals surface area contributed by atoms with Gasteiger partial charge in [0.1, 0.15) is 5.82 Å². The molecule has 3 heteroatoms. The largest absolute Gasteiger partial charge is 0.349 e. The maximum absolute atomic E-state index is 13.0. The average molecular weight is 263 g/mol. The Balaban J connectivity index is 2.12. The molecule has 1 N–H and O–H groups in total. The zero-order valence-corrected chi connectivity index (χ0v) is 11.9. The summed E-state index contributed by atoms with van der Waals surface area (Å²) in [4.78, 5) is 12.0. The number of benzene rings is 1. The molecular formula is C16H22FNO. The molecule has 1 aliphatic rings. The van der Waals surface area contributed by atoms with Crippen LogP contribution in [0.25, 0.3) is 0 Å². The molecule has 1 aliphatic carbocycles. The first kappa shape index (κ1) is 14.0. The molecule has 2 rings (SSSR count). The molecule has 0 heterocycles. The molecule has 1 unspecified atom stereocenters. The zero-order valence-electron chi connectivity index (χ0n) is 11.9. The summed E-state index contributed by atoms with van der Waals surface area (Å²) in [5, 5.41) is 3.11. The number of hydrogen-bond donors (Lipinski definition) is 1. The molecule has 1 amide bonds. The molecule has 2 nitrogen and oxygen atoms in total. The smallest absolute Gasteiger partial charge is 0.223 e. The summed E-state index contributed by atoms with van der Waals surface area (Å²) in [6.45, 7) is 6.44. The van der Waals surface area contributed by atoms with Crippen molar-refractivity contribution in [2.24, 2.45) is 11.3 Å².